The van der Waals surface area contributed by atoms with Crippen LogP contribution in [0.1, 0.15) is 61.5 Å². The number of aromatic nitrogens is 2. The summed E-state index contributed by atoms with van der Waals surface area (Å²) in [4.78, 5) is 35.0. The molecule has 2 N–H and O–H groups in total. The first kappa shape index (κ1) is 30.3. The van der Waals surface area contributed by atoms with Crippen molar-refractivity contribution in [1.82, 2.24) is 20.2 Å². The van der Waals surface area contributed by atoms with Gasteiger partial charge in [0, 0.05) is 31.6 Å². The van der Waals surface area contributed by atoms with Gasteiger partial charge in [-0.15, -0.1) is 0 Å². The lowest BCUT2D eigenvalue weighted by Gasteiger charge is -2.46. The fraction of sp³-hybridized carbons (Fsp3) is 0.516. The van der Waals surface area contributed by atoms with Crippen LogP contribution < -0.4 is 5.32 Å². The summed E-state index contributed by atoms with van der Waals surface area (Å²) in [5.74, 6) is -7.42. The first-order valence-corrected chi connectivity index (χ1v) is 14.8. The Labute approximate surface area is 250 Å². The van der Waals surface area contributed by atoms with Crippen molar-refractivity contribution in [1.29, 1.82) is 0 Å². The quantitative estimate of drug-likeness (QED) is 0.315. The number of likely N-dealkylation sites (tertiary alicyclic amines) is 1. The van der Waals surface area contributed by atoms with Crippen molar-refractivity contribution in [3.8, 4) is 0 Å². The molecular formula is C31H33F5N4O4. The second kappa shape index (κ2) is 11.6. The molecule has 0 bridgehead atoms. The number of imidazole rings is 1. The minimum Gasteiger partial charge on any atom is -0.445 e. The van der Waals surface area contributed by atoms with E-state index in [2.05, 4.69) is 15.3 Å². The number of nitrogens with one attached hydrogen (secondary N) is 2. The highest BCUT2D eigenvalue weighted by Gasteiger charge is 2.54. The molecule has 44 heavy (non-hydrogen) atoms. The maximum Gasteiger partial charge on any atom is 0.408 e. The SMILES string of the molecule is O=C(N[C@H](c1nc2c(F)c(C3(C(=O)N4CC(F)(F)C4)CCOCC3)ccc2[nH]1)C1CCC(F)(F)CC1)OCc1ccccc1. The molecule has 3 aliphatic rings. The average Bonchev–Trinajstić information content (AvgIpc) is 3.44. The first-order chi connectivity index (χ1) is 21.0. The number of alkyl carbamates (subject to hydrolysis) is 1. The topological polar surface area (TPSA) is 96.5 Å². The van der Waals surface area contributed by atoms with Gasteiger partial charge in [0.1, 0.15) is 17.9 Å². The molecule has 6 rings (SSSR count). The van der Waals surface area contributed by atoms with E-state index in [1.54, 1.807) is 30.3 Å². The predicted molar refractivity (Wildman–Crippen MR) is 149 cm³/mol. The summed E-state index contributed by atoms with van der Waals surface area (Å²) in [6.45, 7) is -1.15. The van der Waals surface area contributed by atoms with Crippen molar-refractivity contribution in [3.63, 3.8) is 0 Å². The van der Waals surface area contributed by atoms with E-state index in [1.165, 1.54) is 6.07 Å². The number of hydrogen-bond donors (Lipinski definition) is 2. The van der Waals surface area contributed by atoms with Gasteiger partial charge in [-0.1, -0.05) is 36.4 Å². The number of carbonyl (C=O) groups excluding carboxylic acids is 2. The number of halogens is 5. The van der Waals surface area contributed by atoms with Crippen LogP contribution >= 0.6 is 0 Å². The summed E-state index contributed by atoms with van der Waals surface area (Å²) < 4.78 is 82.5. The van der Waals surface area contributed by atoms with Gasteiger partial charge in [-0.05, 0) is 43.2 Å². The number of nitrogens with zero attached hydrogens (tertiary/aromatic N) is 2. The number of hydrogen-bond acceptors (Lipinski definition) is 5. The Morgan fingerprint density at radius 2 is 1.68 bits per heavy atom. The van der Waals surface area contributed by atoms with Gasteiger partial charge in [-0.2, -0.15) is 0 Å². The Hall–Kier alpha value is -3.74. The van der Waals surface area contributed by atoms with E-state index < -0.39 is 60.1 Å². The number of H-pyrrole nitrogens is 1. The first-order valence-electron chi connectivity index (χ1n) is 14.8. The molecule has 2 amide bonds. The second-order valence-electron chi connectivity index (χ2n) is 12.0. The summed E-state index contributed by atoms with van der Waals surface area (Å²) >= 11 is 0. The monoisotopic (exact) mass is 620 g/mol. The fourth-order valence-electron chi connectivity index (χ4n) is 6.55. The van der Waals surface area contributed by atoms with Gasteiger partial charge in [-0.3, -0.25) is 4.79 Å². The normalized spacial score (nSPS) is 21.8. The number of amides is 2. The summed E-state index contributed by atoms with van der Waals surface area (Å²) in [5, 5.41) is 2.75. The van der Waals surface area contributed by atoms with Gasteiger partial charge in [-0.25, -0.2) is 31.7 Å². The van der Waals surface area contributed by atoms with E-state index >= 15 is 4.39 Å². The standard InChI is InChI=1S/C31H33F5N4O4/c32-23-21(29(12-14-43-15-13-29)27(41)40-17-31(35,36)18-40)6-7-22-25(23)38-26(37-22)24(20-8-10-30(33,34)11-9-20)39-28(42)44-16-19-4-2-1-3-5-19/h1-7,20,24H,8-18H2,(H,37,38)(H,39,42)/t24-/m0/s1. The van der Waals surface area contributed by atoms with Crippen LogP contribution in [0.25, 0.3) is 11.0 Å². The fourth-order valence-corrected chi connectivity index (χ4v) is 6.55. The van der Waals surface area contributed by atoms with E-state index in [0.29, 0.717) is 0 Å². The number of aromatic amines is 1. The van der Waals surface area contributed by atoms with E-state index in [9.17, 15) is 27.2 Å². The van der Waals surface area contributed by atoms with Gasteiger partial charge < -0.3 is 24.7 Å². The van der Waals surface area contributed by atoms with E-state index in [-0.39, 0.29) is 80.8 Å². The van der Waals surface area contributed by atoms with Gasteiger partial charge in [0.05, 0.1) is 30.1 Å². The van der Waals surface area contributed by atoms with Crippen LogP contribution in [0, 0.1) is 11.7 Å². The summed E-state index contributed by atoms with van der Waals surface area (Å²) in [7, 11) is 0. The number of fused-ring (bicyclic) bond motifs is 1. The molecule has 1 atom stereocenters. The largest absolute Gasteiger partial charge is 0.445 e. The molecule has 2 saturated heterocycles. The van der Waals surface area contributed by atoms with Crippen LogP contribution in [0.5, 0.6) is 0 Å². The molecule has 3 heterocycles. The molecule has 0 unspecified atom stereocenters. The highest BCUT2D eigenvalue weighted by Crippen LogP contribution is 2.44. The Kier molecular flexibility index (Phi) is 8.02. The molecule has 3 aromatic rings. The Morgan fingerprint density at radius 3 is 2.34 bits per heavy atom. The zero-order valence-electron chi connectivity index (χ0n) is 23.9. The highest BCUT2D eigenvalue weighted by atomic mass is 19.3. The van der Waals surface area contributed by atoms with Gasteiger partial charge >= 0.3 is 6.09 Å². The van der Waals surface area contributed by atoms with E-state index in [1.807, 2.05) is 6.07 Å². The minimum absolute atomic E-state index is 0.0109. The molecule has 1 aliphatic carbocycles. The number of ether oxygens (including phenoxy) is 2. The molecular weight excluding hydrogens is 587 g/mol. The van der Waals surface area contributed by atoms with Crippen LogP contribution in [-0.2, 0) is 26.3 Å². The molecule has 2 aliphatic heterocycles. The van der Waals surface area contributed by atoms with Crippen LogP contribution in [0.3, 0.4) is 0 Å². The minimum atomic E-state index is -2.98. The average molecular weight is 621 g/mol. The lowest BCUT2D eigenvalue weighted by atomic mass is 9.72. The smallest absolute Gasteiger partial charge is 0.408 e. The van der Waals surface area contributed by atoms with Crippen molar-refractivity contribution in [3.05, 3.63) is 65.2 Å². The van der Waals surface area contributed by atoms with Crippen molar-refractivity contribution in [2.45, 2.75) is 68.4 Å². The molecule has 1 saturated carbocycles. The van der Waals surface area contributed by atoms with Crippen LogP contribution in [-0.4, -0.2) is 65.0 Å². The van der Waals surface area contributed by atoms with Gasteiger partial charge in [0.15, 0.2) is 5.82 Å². The molecule has 3 fully saturated rings. The summed E-state index contributed by atoms with van der Waals surface area (Å²) in [6.07, 6.45) is -1.09. The molecule has 13 heteroatoms. The van der Waals surface area contributed by atoms with Crippen molar-refractivity contribution in [2.24, 2.45) is 5.92 Å². The van der Waals surface area contributed by atoms with Gasteiger partial charge in [0.2, 0.25) is 11.8 Å². The van der Waals surface area contributed by atoms with Crippen molar-refractivity contribution in [2.75, 3.05) is 26.3 Å². The lowest BCUT2D eigenvalue weighted by Crippen LogP contribution is -2.63. The Morgan fingerprint density at radius 1 is 1.00 bits per heavy atom. The molecule has 2 aromatic carbocycles. The summed E-state index contributed by atoms with van der Waals surface area (Å²) in [5.41, 5.74) is -0.434. The third kappa shape index (κ3) is 5.98. The third-order valence-corrected chi connectivity index (χ3v) is 9.03. The molecule has 8 nitrogen and oxygen atoms in total. The van der Waals surface area contributed by atoms with E-state index in [4.69, 9.17) is 9.47 Å². The summed E-state index contributed by atoms with van der Waals surface area (Å²) in [6, 6.07) is 11.1. The van der Waals surface area contributed by atoms with Crippen LogP contribution in [0.2, 0.25) is 0 Å². The number of benzene rings is 2. The molecule has 236 valence electrons. The third-order valence-electron chi connectivity index (χ3n) is 9.03. The maximum atomic E-state index is 16.3. The molecule has 1 aromatic heterocycles. The van der Waals surface area contributed by atoms with Crippen LogP contribution in [0.15, 0.2) is 42.5 Å². The number of alkyl halides is 4. The Bertz CT molecular complexity index is 1510. The highest BCUT2D eigenvalue weighted by molar-refractivity contribution is 5.91. The van der Waals surface area contributed by atoms with Crippen molar-refractivity contribution >= 4 is 23.0 Å². The molecule has 0 radical (unpaired) electrons. The van der Waals surface area contributed by atoms with Gasteiger partial charge in [0.25, 0.3) is 5.92 Å². The van der Waals surface area contributed by atoms with Crippen molar-refractivity contribution < 1.29 is 41.0 Å². The zero-order valence-corrected chi connectivity index (χ0v) is 23.9. The number of carbonyl (C=O) groups is 2. The predicted octanol–water partition coefficient (Wildman–Crippen LogP) is 6.02. The molecule has 0 spiro atoms. The van der Waals surface area contributed by atoms with Crippen LogP contribution in [0.4, 0.5) is 26.7 Å². The Balaban J connectivity index is 1.30. The zero-order chi connectivity index (χ0) is 31.1. The second-order valence-corrected chi connectivity index (χ2v) is 12.0. The maximum absolute atomic E-state index is 16.3. The number of rotatable bonds is 7. The van der Waals surface area contributed by atoms with E-state index in [0.717, 1.165) is 10.5 Å². The lowest BCUT2D eigenvalue weighted by molar-refractivity contribution is -0.174.